The van der Waals surface area contributed by atoms with Crippen LogP contribution in [-0.4, -0.2) is 66.4 Å². The van der Waals surface area contributed by atoms with Crippen LogP contribution in [-0.2, 0) is 14.0 Å². The molecule has 3 heterocycles. The van der Waals surface area contributed by atoms with E-state index in [2.05, 4.69) is 34.8 Å². The molecule has 2 atom stereocenters. The summed E-state index contributed by atoms with van der Waals surface area (Å²) in [4.78, 5) is 31.3. The van der Waals surface area contributed by atoms with Gasteiger partial charge in [-0.2, -0.15) is 0 Å². The molecule has 7 nitrogen and oxygen atoms in total. The Morgan fingerprint density at radius 2 is 1.97 bits per heavy atom. The van der Waals surface area contributed by atoms with E-state index in [1.807, 2.05) is 26.6 Å². The first-order valence-corrected chi connectivity index (χ1v) is 19.2. The maximum atomic E-state index is 13.1. The monoisotopic (exact) mass is 488 g/mol. The maximum Gasteiger partial charge on any atom is 0.341 e. The fourth-order valence-corrected chi connectivity index (χ4v) is 8.35. The molecule has 160 valence electrons. The van der Waals surface area contributed by atoms with Crippen molar-refractivity contribution in [1.82, 2.24) is 20.1 Å². The number of rotatable bonds is 7. The molecule has 0 aliphatic carbocycles. The van der Waals surface area contributed by atoms with Crippen molar-refractivity contribution in [3.63, 3.8) is 0 Å². The highest BCUT2D eigenvalue weighted by atomic mass is 32.2. The molecule has 2 aliphatic rings. The van der Waals surface area contributed by atoms with E-state index in [4.69, 9.17) is 4.43 Å². The summed E-state index contributed by atoms with van der Waals surface area (Å²) in [6.07, 6.45) is 0. The lowest BCUT2D eigenvalue weighted by atomic mass is 10.0. The van der Waals surface area contributed by atoms with Crippen LogP contribution in [0.15, 0.2) is 15.6 Å². The van der Waals surface area contributed by atoms with Gasteiger partial charge in [-0.3, -0.25) is 9.69 Å². The minimum Gasteiger partial charge on any atom is -0.515 e. The highest BCUT2D eigenvalue weighted by Crippen LogP contribution is 2.42. The smallest absolute Gasteiger partial charge is 0.341 e. The van der Waals surface area contributed by atoms with Crippen LogP contribution in [0.1, 0.15) is 5.01 Å². The van der Waals surface area contributed by atoms with Gasteiger partial charge in [0.1, 0.15) is 30.4 Å². The molecular weight excluding hydrogens is 461 g/mol. The molecule has 1 aromatic heterocycles. The third-order valence-corrected chi connectivity index (χ3v) is 9.48. The van der Waals surface area contributed by atoms with E-state index < -0.39 is 16.6 Å². The first kappa shape index (κ1) is 23.0. The maximum absolute atomic E-state index is 13.1. The lowest BCUT2D eigenvalue weighted by molar-refractivity contribution is -0.147. The highest BCUT2D eigenvalue weighted by molar-refractivity contribution is 8.01. The van der Waals surface area contributed by atoms with Gasteiger partial charge >= 0.3 is 5.97 Å². The predicted octanol–water partition coefficient (Wildman–Crippen LogP) is 3.28. The van der Waals surface area contributed by atoms with E-state index in [1.54, 1.807) is 28.4 Å². The molecule has 12 heteroatoms. The number of hydrogen-bond donors (Lipinski definition) is 1. The van der Waals surface area contributed by atoms with Crippen LogP contribution in [0.5, 0.6) is 0 Å². The third kappa shape index (κ3) is 5.53. The van der Waals surface area contributed by atoms with Crippen molar-refractivity contribution < 1.29 is 14.0 Å². The Morgan fingerprint density at radius 3 is 2.52 bits per heavy atom. The van der Waals surface area contributed by atoms with Crippen molar-refractivity contribution in [2.45, 2.75) is 62.0 Å². The largest absolute Gasteiger partial charge is 0.515 e. The fourth-order valence-electron chi connectivity index (χ4n) is 3.06. The van der Waals surface area contributed by atoms with Crippen molar-refractivity contribution >= 4 is 63.3 Å². The summed E-state index contributed by atoms with van der Waals surface area (Å²) in [6, 6.07) is -0.221. The van der Waals surface area contributed by atoms with E-state index >= 15 is 0 Å². The number of hydrogen-bond acceptors (Lipinski definition) is 9. The van der Waals surface area contributed by atoms with Gasteiger partial charge in [0.25, 0.3) is 0 Å². The Kier molecular flexibility index (Phi) is 6.71. The Labute approximate surface area is 186 Å². The van der Waals surface area contributed by atoms with Crippen LogP contribution in [0, 0.1) is 6.92 Å². The molecular formula is C17H28N4O3S3Si2. The van der Waals surface area contributed by atoms with E-state index in [1.165, 1.54) is 11.3 Å². The van der Waals surface area contributed by atoms with Crippen LogP contribution in [0.3, 0.4) is 0 Å². The average Bonchev–Trinajstić information content (AvgIpc) is 3.00. The normalized spacial score (nSPS) is 22.4. The van der Waals surface area contributed by atoms with E-state index in [-0.39, 0.29) is 23.3 Å². The van der Waals surface area contributed by atoms with Crippen LogP contribution in [0.4, 0.5) is 0 Å². The van der Waals surface area contributed by atoms with Crippen molar-refractivity contribution in [3.8, 4) is 0 Å². The van der Waals surface area contributed by atoms with Gasteiger partial charge in [-0.05, 0) is 32.1 Å². The van der Waals surface area contributed by atoms with Crippen molar-refractivity contribution in [2.24, 2.45) is 0 Å². The molecule has 0 bridgehead atoms. The highest BCUT2D eigenvalue weighted by Gasteiger charge is 2.54. The van der Waals surface area contributed by atoms with Crippen LogP contribution in [0.2, 0.25) is 39.3 Å². The van der Waals surface area contributed by atoms with E-state index in [9.17, 15) is 9.59 Å². The summed E-state index contributed by atoms with van der Waals surface area (Å²) in [5.74, 6) is 0.916. The van der Waals surface area contributed by atoms with Gasteiger partial charge in [-0.25, -0.2) is 4.79 Å². The molecule has 0 radical (unpaired) electrons. The summed E-state index contributed by atoms with van der Waals surface area (Å²) in [5.41, 5.74) is 1.38. The van der Waals surface area contributed by atoms with E-state index in [0.717, 1.165) is 14.9 Å². The molecule has 1 N–H and O–H groups in total. The van der Waals surface area contributed by atoms with Crippen LogP contribution < -0.4 is 4.98 Å². The van der Waals surface area contributed by atoms with Gasteiger partial charge < -0.3 is 9.41 Å². The molecule has 0 spiro atoms. The van der Waals surface area contributed by atoms with Crippen LogP contribution in [0.25, 0.3) is 0 Å². The summed E-state index contributed by atoms with van der Waals surface area (Å²) in [5, 5.41) is 9.07. The molecule has 0 aromatic carbocycles. The number of aromatic nitrogens is 2. The molecule has 3 rings (SSSR count). The number of nitrogens with zero attached hydrogens (tertiary/aromatic N) is 3. The summed E-state index contributed by atoms with van der Waals surface area (Å²) in [6.45, 7) is 14.4. The Balaban J connectivity index is 1.85. The molecule has 1 aromatic rings. The molecule has 0 saturated carbocycles. The minimum absolute atomic E-state index is 0.0265. The molecule has 29 heavy (non-hydrogen) atoms. The number of nitrogens with one attached hydrogen (secondary N) is 1. The van der Waals surface area contributed by atoms with Gasteiger partial charge in [-0.15, -0.1) is 22.0 Å². The number of thioether (sulfide) groups is 2. The zero-order valence-electron chi connectivity index (χ0n) is 17.9. The fraction of sp³-hybridized carbons (Fsp3) is 0.647. The third-order valence-electron chi connectivity index (χ3n) is 4.11. The van der Waals surface area contributed by atoms with Gasteiger partial charge in [0, 0.05) is 11.5 Å². The minimum atomic E-state index is -2.09. The van der Waals surface area contributed by atoms with Gasteiger partial charge in [0.2, 0.25) is 14.2 Å². The number of fused-ring (bicyclic) bond motifs is 1. The summed E-state index contributed by atoms with van der Waals surface area (Å²) >= 11 is 4.81. The summed E-state index contributed by atoms with van der Waals surface area (Å²) < 4.78 is 6.66. The number of carbonyl (C=O) groups excluding carboxylic acids is 2. The second-order valence-electron chi connectivity index (χ2n) is 9.11. The van der Waals surface area contributed by atoms with E-state index in [0.29, 0.717) is 17.2 Å². The molecule has 2 aliphatic heterocycles. The molecule has 1 fully saturated rings. The SMILES string of the molecule is Cc1nnc(SCC2=C(C(=O)O[Si](C)(C)C)N3C(=O)C(N[Si](C)(C)C)[C@@H]3SC2)s1. The Bertz CT molecular complexity index is 848. The molecule has 1 saturated heterocycles. The lowest BCUT2D eigenvalue weighted by Gasteiger charge is -2.51. The number of β-lactam (4-membered cyclic amide) rings is 1. The van der Waals surface area contributed by atoms with Gasteiger partial charge in [0.05, 0.1) is 0 Å². The first-order valence-electron chi connectivity index (χ1n) is 9.46. The standard InChI is InChI=1S/C17H28N4O3S3Si2/c1-10-18-19-17(27-10)26-9-11-8-25-15-12(20-28(2,3)4)14(22)21(15)13(11)16(23)24-29(5,6)7/h12,15,20H,8-9H2,1-7H3/t12?,15-/m0/s1. The van der Waals surface area contributed by atoms with Gasteiger partial charge in [0.15, 0.2) is 4.34 Å². The topological polar surface area (TPSA) is 84.4 Å². The average molecular weight is 489 g/mol. The van der Waals surface area contributed by atoms with Crippen LogP contribution >= 0.6 is 34.9 Å². The summed E-state index contributed by atoms with van der Waals surface area (Å²) in [7, 11) is -3.71. The second kappa shape index (κ2) is 8.46. The van der Waals surface area contributed by atoms with Crippen molar-refractivity contribution in [3.05, 3.63) is 16.3 Å². The quantitative estimate of drug-likeness (QED) is 0.356. The number of carbonyl (C=O) groups is 2. The van der Waals surface area contributed by atoms with Gasteiger partial charge in [-0.1, -0.05) is 42.7 Å². The Hall–Kier alpha value is -0.666. The zero-order chi connectivity index (χ0) is 21.6. The van der Waals surface area contributed by atoms with Crippen molar-refractivity contribution in [1.29, 1.82) is 0 Å². The van der Waals surface area contributed by atoms with Crippen molar-refractivity contribution in [2.75, 3.05) is 11.5 Å². The zero-order valence-corrected chi connectivity index (χ0v) is 22.3. The Morgan fingerprint density at radius 1 is 1.28 bits per heavy atom. The number of amides is 1. The molecule has 1 amide bonds. The number of aryl methyl sites for hydroxylation is 1. The first-order chi connectivity index (χ1) is 13.4. The second-order valence-corrected chi connectivity index (χ2v) is 21.8. The molecule has 1 unspecified atom stereocenters. The predicted molar refractivity (Wildman–Crippen MR) is 125 cm³/mol. The lowest BCUT2D eigenvalue weighted by Crippen LogP contribution is -2.73.